The van der Waals surface area contributed by atoms with Crippen molar-refractivity contribution in [1.29, 1.82) is 0 Å². The maximum absolute atomic E-state index is 11.9. The Labute approximate surface area is 125 Å². The molecule has 0 amide bonds. The number of nitrogens with one attached hydrogen (secondary N) is 1. The highest BCUT2D eigenvalue weighted by molar-refractivity contribution is 9.11. The van der Waals surface area contributed by atoms with E-state index in [1.54, 1.807) is 0 Å². The summed E-state index contributed by atoms with van der Waals surface area (Å²) in [5.74, 6) is 0. The van der Waals surface area contributed by atoms with Gasteiger partial charge in [0.2, 0.25) is 10.0 Å². The van der Waals surface area contributed by atoms with Gasteiger partial charge in [0.25, 0.3) is 0 Å². The first-order valence-corrected chi connectivity index (χ1v) is 9.00. The van der Waals surface area contributed by atoms with Gasteiger partial charge in [-0.15, -0.1) is 11.3 Å². The fraction of sp³-hybridized carbons (Fsp3) is 0.600. The summed E-state index contributed by atoms with van der Waals surface area (Å²) in [5, 5.41) is 9.01. The highest BCUT2D eigenvalue weighted by Crippen LogP contribution is 2.34. The van der Waals surface area contributed by atoms with Gasteiger partial charge in [-0.25, -0.2) is 13.1 Å². The molecule has 0 radical (unpaired) electrons. The van der Waals surface area contributed by atoms with Crippen molar-refractivity contribution in [2.45, 2.75) is 29.9 Å². The van der Waals surface area contributed by atoms with E-state index < -0.39 is 10.0 Å². The van der Waals surface area contributed by atoms with Crippen LogP contribution in [0.15, 0.2) is 14.1 Å². The quantitative estimate of drug-likeness (QED) is 0.685. The van der Waals surface area contributed by atoms with E-state index in [2.05, 4.69) is 20.7 Å². The lowest BCUT2D eigenvalue weighted by atomic mass is 10.2. The van der Waals surface area contributed by atoms with Crippen molar-refractivity contribution in [3.05, 3.63) is 14.9 Å². The zero-order chi connectivity index (χ0) is 13.6. The Morgan fingerprint density at radius 1 is 1.33 bits per heavy atom. The molecule has 0 saturated carbocycles. The maximum atomic E-state index is 11.9. The average molecular weight is 377 g/mol. The van der Waals surface area contributed by atoms with Crippen molar-refractivity contribution in [3.63, 3.8) is 0 Å². The minimum Gasteiger partial charge on any atom is -0.396 e. The summed E-state index contributed by atoms with van der Waals surface area (Å²) >= 11 is 10.1. The lowest BCUT2D eigenvalue weighted by Crippen LogP contribution is -2.23. The van der Waals surface area contributed by atoms with E-state index in [1.807, 2.05) is 0 Å². The number of halogens is 2. The Bertz CT molecular complexity index is 456. The van der Waals surface area contributed by atoms with Gasteiger partial charge in [0.1, 0.15) is 4.21 Å². The maximum Gasteiger partial charge on any atom is 0.250 e. The summed E-state index contributed by atoms with van der Waals surface area (Å²) in [6.45, 7) is 0.592. The summed E-state index contributed by atoms with van der Waals surface area (Å²) in [4.78, 5) is 0. The molecule has 104 valence electrons. The van der Waals surface area contributed by atoms with Crippen LogP contribution in [-0.4, -0.2) is 26.7 Å². The molecular weight excluding hydrogens is 362 g/mol. The molecule has 0 bridgehead atoms. The normalized spacial score (nSPS) is 11.9. The number of hydrogen-bond donors (Lipinski definition) is 2. The second-order valence-corrected chi connectivity index (χ2v) is 8.49. The van der Waals surface area contributed by atoms with E-state index >= 15 is 0 Å². The molecule has 0 fully saturated rings. The summed E-state index contributed by atoms with van der Waals surface area (Å²) in [6, 6.07) is 1.43. The summed E-state index contributed by atoms with van der Waals surface area (Å²) < 4.78 is 27.1. The SMILES string of the molecule is O=S(=O)(NCCCCCCO)c1cc(Cl)c(Br)s1. The molecule has 8 heteroatoms. The third-order valence-electron chi connectivity index (χ3n) is 2.26. The van der Waals surface area contributed by atoms with Gasteiger partial charge in [-0.05, 0) is 34.8 Å². The van der Waals surface area contributed by atoms with Crippen LogP contribution >= 0.6 is 38.9 Å². The predicted octanol–water partition coefficient (Wildman–Crippen LogP) is 3.00. The van der Waals surface area contributed by atoms with Crippen LogP contribution < -0.4 is 4.72 Å². The summed E-state index contributed by atoms with van der Waals surface area (Å²) in [5.41, 5.74) is 0. The van der Waals surface area contributed by atoms with E-state index in [-0.39, 0.29) is 10.8 Å². The Hall–Kier alpha value is 0.340. The van der Waals surface area contributed by atoms with Crippen LogP contribution in [0.4, 0.5) is 0 Å². The molecule has 4 nitrogen and oxygen atoms in total. The van der Waals surface area contributed by atoms with E-state index in [4.69, 9.17) is 16.7 Å². The van der Waals surface area contributed by atoms with Crippen LogP contribution in [-0.2, 0) is 10.0 Å². The van der Waals surface area contributed by atoms with Gasteiger partial charge in [-0.2, -0.15) is 0 Å². The second kappa shape index (κ2) is 7.81. The highest BCUT2D eigenvalue weighted by Gasteiger charge is 2.18. The molecule has 0 unspecified atom stereocenters. The van der Waals surface area contributed by atoms with Gasteiger partial charge < -0.3 is 5.11 Å². The van der Waals surface area contributed by atoms with Crippen molar-refractivity contribution in [1.82, 2.24) is 4.72 Å². The van der Waals surface area contributed by atoms with E-state index in [9.17, 15) is 8.42 Å². The standard InChI is InChI=1S/C10H15BrClNO3S2/c11-10-8(12)7-9(17-10)18(15,16)13-5-3-1-2-4-6-14/h7,13-14H,1-6H2. The first-order chi connectivity index (χ1) is 8.47. The van der Waals surface area contributed by atoms with Crippen LogP contribution in [0, 0.1) is 0 Å². The van der Waals surface area contributed by atoms with Crippen molar-refractivity contribution in [2.75, 3.05) is 13.2 Å². The van der Waals surface area contributed by atoms with Gasteiger partial charge in [0, 0.05) is 13.2 Å². The molecule has 2 N–H and O–H groups in total. The third kappa shape index (κ3) is 5.14. The molecule has 1 aromatic heterocycles. The molecule has 1 heterocycles. The molecule has 0 spiro atoms. The Balaban J connectivity index is 2.41. The topological polar surface area (TPSA) is 66.4 Å². The molecular formula is C10H15BrClNO3S2. The largest absolute Gasteiger partial charge is 0.396 e. The molecule has 0 aromatic carbocycles. The van der Waals surface area contributed by atoms with Crippen molar-refractivity contribution >= 4 is 48.9 Å². The third-order valence-corrected chi connectivity index (χ3v) is 6.67. The number of aliphatic hydroxyl groups is 1. The summed E-state index contributed by atoms with van der Waals surface area (Å²) in [6.07, 6.45) is 3.34. The van der Waals surface area contributed by atoms with E-state index in [1.165, 1.54) is 6.07 Å². The second-order valence-electron chi connectivity index (χ2n) is 3.72. The van der Waals surface area contributed by atoms with Crippen LogP contribution in [0.25, 0.3) is 0 Å². The number of sulfonamides is 1. The molecule has 1 aromatic rings. The predicted molar refractivity (Wildman–Crippen MR) is 77.8 cm³/mol. The van der Waals surface area contributed by atoms with Crippen LogP contribution in [0.1, 0.15) is 25.7 Å². The van der Waals surface area contributed by atoms with Gasteiger partial charge in [0.15, 0.2) is 0 Å². The number of aliphatic hydroxyl groups excluding tert-OH is 1. The molecule has 0 aliphatic heterocycles. The van der Waals surface area contributed by atoms with Crippen LogP contribution in [0.5, 0.6) is 0 Å². The smallest absolute Gasteiger partial charge is 0.250 e. The summed E-state index contributed by atoms with van der Waals surface area (Å²) in [7, 11) is -3.45. The minimum atomic E-state index is -3.45. The van der Waals surface area contributed by atoms with E-state index in [0.717, 1.165) is 37.0 Å². The fourth-order valence-corrected chi connectivity index (χ4v) is 4.84. The number of hydrogen-bond acceptors (Lipinski definition) is 4. The van der Waals surface area contributed by atoms with Gasteiger partial charge in [0.05, 0.1) is 8.81 Å². The van der Waals surface area contributed by atoms with Crippen LogP contribution in [0.2, 0.25) is 5.02 Å². The average Bonchev–Trinajstić information content (AvgIpc) is 2.65. The molecule has 18 heavy (non-hydrogen) atoms. The molecule has 0 atom stereocenters. The molecule has 1 rings (SSSR count). The lowest BCUT2D eigenvalue weighted by molar-refractivity contribution is 0.282. The molecule has 0 aliphatic rings. The van der Waals surface area contributed by atoms with Crippen molar-refractivity contribution in [2.24, 2.45) is 0 Å². The van der Waals surface area contributed by atoms with Gasteiger partial charge in [-0.1, -0.05) is 24.4 Å². The number of rotatable bonds is 8. The first kappa shape index (κ1) is 16.4. The zero-order valence-electron chi connectivity index (χ0n) is 9.66. The van der Waals surface area contributed by atoms with E-state index in [0.29, 0.717) is 15.4 Å². The van der Waals surface area contributed by atoms with Gasteiger partial charge >= 0.3 is 0 Å². The minimum absolute atomic E-state index is 0.188. The molecule has 0 saturated heterocycles. The first-order valence-electron chi connectivity index (χ1n) is 5.52. The monoisotopic (exact) mass is 375 g/mol. The van der Waals surface area contributed by atoms with Crippen molar-refractivity contribution in [3.8, 4) is 0 Å². The highest BCUT2D eigenvalue weighted by atomic mass is 79.9. The lowest BCUT2D eigenvalue weighted by Gasteiger charge is -2.04. The zero-order valence-corrected chi connectivity index (χ0v) is 13.6. The van der Waals surface area contributed by atoms with Crippen LogP contribution in [0.3, 0.4) is 0 Å². The Morgan fingerprint density at radius 3 is 2.56 bits per heavy atom. The Kier molecular flexibility index (Phi) is 7.12. The van der Waals surface area contributed by atoms with Gasteiger partial charge in [-0.3, -0.25) is 0 Å². The number of thiophene rings is 1. The fourth-order valence-electron chi connectivity index (χ4n) is 1.33. The number of unbranched alkanes of at least 4 members (excludes halogenated alkanes) is 3. The molecule has 0 aliphatic carbocycles. The Morgan fingerprint density at radius 2 is 2.00 bits per heavy atom. The van der Waals surface area contributed by atoms with Crippen molar-refractivity contribution < 1.29 is 13.5 Å².